The average molecular weight is 278 g/mol. The second kappa shape index (κ2) is 7.29. The van der Waals surface area contributed by atoms with Crippen molar-refractivity contribution in [2.24, 2.45) is 17.1 Å². The van der Waals surface area contributed by atoms with Crippen LogP contribution in [-0.4, -0.2) is 19.1 Å². The van der Waals surface area contributed by atoms with Gasteiger partial charge < -0.3 is 15.8 Å². The van der Waals surface area contributed by atoms with Crippen molar-refractivity contribution in [1.82, 2.24) is 5.32 Å². The number of hydrogen-bond acceptors (Lipinski definition) is 3. The Morgan fingerprint density at radius 2 is 1.90 bits per heavy atom. The van der Waals surface area contributed by atoms with Gasteiger partial charge in [-0.15, -0.1) is 0 Å². The highest BCUT2D eigenvalue weighted by Crippen LogP contribution is 2.24. The van der Waals surface area contributed by atoms with Crippen molar-refractivity contribution in [1.29, 1.82) is 0 Å². The predicted molar refractivity (Wildman–Crippen MR) is 81.5 cm³/mol. The van der Waals surface area contributed by atoms with Gasteiger partial charge >= 0.3 is 0 Å². The van der Waals surface area contributed by atoms with Crippen LogP contribution in [0.15, 0.2) is 24.3 Å². The molecule has 1 atom stereocenters. The van der Waals surface area contributed by atoms with Gasteiger partial charge in [0.2, 0.25) is 0 Å². The molecule has 0 saturated carbocycles. The third kappa shape index (κ3) is 6.06. The Hall–Kier alpha value is -1.55. The molecule has 0 radical (unpaired) electrons. The minimum atomic E-state index is -0.466. The summed E-state index contributed by atoms with van der Waals surface area (Å²) in [6.45, 7) is 10.8. The smallest absolute Gasteiger partial charge is 0.255 e. The zero-order valence-electron chi connectivity index (χ0n) is 12.9. The van der Waals surface area contributed by atoms with Gasteiger partial charge in [-0.25, -0.2) is 0 Å². The van der Waals surface area contributed by atoms with Crippen molar-refractivity contribution in [3.8, 4) is 5.75 Å². The molecule has 0 aliphatic heterocycles. The maximum atomic E-state index is 10.6. The van der Waals surface area contributed by atoms with Crippen molar-refractivity contribution < 1.29 is 9.53 Å². The molecule has 0 heterocycles. The van der Waals surface area contributed by atoms with Crippen LogP contribution < -0.4 is 15.8 Å². The first-order valence-corrected chi connectivity index (χ1v) is 7.00. The van der Waals surface area contributed by atoms with E-state index in [1.165, 1.54) is 5.56 Å². The number of primary amides is 1. The molecule has 0 saturated heterocycles. The summed E-state index contributed by atoms with van der Waals surface area (Å²) in [5.41, 5.74) is 6.54. The van der Waals surface area contributed by atoms with Gasteiger partial charge in [-0.3, -0.25) is 4.79 Å². The minimum absolute atomic E-state index is 0.0826. The number of ether oxygens (including phenoxy) is 1. The summed E-state index contributed by atoms with van der Waals surface area (Å²) in [5, 5.41) is 3.46. The van der Waals surface area contributed by atoms with Crippen LogP contribution in [-0.2, 0) is 11.3 Å². The standard InChI is InChI=1S/C16H26N2O2/c1-12(16(2,3)4)9-18-10-13-5-7-14(8-6-13)20-11-15(17)19/h5-8,12,18H,9-11H2,1-4H3,(H2,17,19). The summed E-state index contributed by atoms with van der Waals surface area (Å²) in [4.78, 5) is 10.6. The fourth-order valence-electron chi connectivity index (χ4n) is 1.60. The zero-order chi connectivity index (χ0) is 15.2. The average Bonchev–Trinajstić information content (AvgIpc) is 2.36. The molecule has 112 valence electrons. The third-order valence-corrected chi connectivity index (χ3v) is 3.56. The van der Waals surface area contributed by atoms with Gasteiger partial charge in [0.05, 0.1) is 0 Å². The second-order valence-corrected chi connectivity index (χ2v) is 6.30. The van der Waals surface area contributed by atoms with Crippen LogP contribution in [0, 0.1) is 11.3 Å². The van der Waals surface area contributed by atoms with E-state index in [4.69, 9.17) is 10.5 Å². The van der Waals surface area contributed by atoms with Crippen LogP contribution in [0.2, 0.25) is 0 Å². The maximum Gasteiger partial charge on any atom is 0.255 e. The molecule has 1 aromatic rings. The number of benzene rings is 1. The van der Waals surface area contributed by atoms with Gasteiger partial charge in [-0.1, -0.05) is 39.8 Å². The largest absolute Gasteiger partial charge is 0.484 e. The molecular weight excluding hydrogens is 252 g/mol. The number of nitrogens with one attached hydrogen (secondary N) is 1. The third-order valence-electron chi connectivity index (χ3n) is 3.56. The van der Waals surface area contributed by atoms with E-state index >= 15 is 0 Å². The van der Waals surface area contributed by atoms with Gasteiger partial charge in [0, 0.05) is 6.54 Å². The quantitative estimate of drug-likeness (QED) is 0.804. The van der Waals surface area contributed by atoms with E-state index in [0.29, 0.717) is 17.1 Å². The van der Waals surface area contributed by atoms with Crippen molar-refractivity contribution in [2.45, 2.75) is 34.2 Å². The molecule has 0 aliphatic rings. The normalized spacial score (nSPS) is 13.0. The van der Waals surface area contributed by atoms with Crippen LogP contribution in [0.5, 0.6) is 5.75 Å². The Kier molecular flexibility index (Phi) is 6.02. The van der Waals surface area contributed by atoms with E-state index in [2.05, 4.69) is 33.0 Å². The molecule has 0 spiro atoms. The first-order chi connectivity index (χ1) is 9.29. The molecule has 1 unspecified atom stereocenters. The maximum absolute atomic E-state index is 10.6. The van der Waals surface area contributed by atoms with Crippen LogP contribution in [0.3, 0.4) is 0 Å². The van der Waals surface area contributed by atoms with E-state index in [-0.39, 0.29) is 6.61 Å². The summed E-state index contributed by atoms with van der Waals surface area (Å²) in [5.74, 6) is 0.809. The zero-order valence-corrected chi connectivity index (χ0v) is 12.9. The molecule has 0 fully saturated rings. The number of hydrogen-bond donors (Lipinski definition) is 2. The van der Waals surface area contributed by atoms with E-state index in [9.17, 15) is 4.79 Å². The molecule has 20 heavy (non-hydrogen) atoms. The van der Waals surface area contributed by atoms with E-state index in [0.717, 1.165) is 13.1 Å². The Morgan fingerprint density at radius 1 is 1.30 bits per heavy atom. The second-order valence-electron chi connectivity index (χ2n) is 6.30. The fraction of sp³-hybridized carbons (Fsp3) is 0.562. The molecule has 1 amide bonds. The van der Waals surface area contributed by atoms with Crippen LogP contribution in [0.4, 0.5) is 0 Å². The Bertz CT molecular complexity index is 421. The molecule has 0 bridgehead atoms. The van der Waals surface area contributed by atoms with E-state index in [1.54, 1.807) is 0 Å². The SMILES string of the molecule is CC(CNCc1ccc(OCC(N)=O)cc1)C(C)(C)C. The molecule has 0 aromatic heterocycles. The van der Waals surface area contributed by atoms with Crippen LogP contribution in [0.25, 0.3) is 0 Å². The Morgan fingerprint density at radius 3 is 2.40 bits per heavy atom. The molecule has 1 rings (SSSR count). The van der Waals surface area contributed by atoms with E-state index in [1.807, 2.05) is 24.3 Å². The highest BCUT2D eigenvalue weighted by Gasteiger charge is 2.18. The highest BCUT2D eigenvalue weighted by molar-refractivity contribution is 5.75. The Balaban J connectivity index is 2.36. The first-order valence-electron chi connectivity index (χ1n) is 7.00. The molecule has 1 aromatic carbocycles. The lowest BCUT2D eigenvalue weighted by atomic mass is 9.82. The fourth-order valence-corrected chi connectivity index (χ4v) is 1.60. The minimum Gasteiger partial charge on any atom is -0.484 e. The van der Waals surface area contributed by atoms with Gasteiger partial charge in [0.25, 0.3) is 5.91 Å². The lowest BCUT2D eigenvalue weighted by Crippen LogP contribution is -2.29. The van der Waals surface area contributed by atoms with Crippen molar-refractivity contribution >= 4 is 5.91 Å². The summed E-state index contributed by atoms with van der Waals surface area (Å²) >= 11 is 0. The summed E-state index contributed by atoms with van der Waals surface area (Å²) in [6.07, 6.45) is 0. The lowest BCUT2D eigenvalue weighted by Gasteiger charge is -2.27. The number of amides is 1. The summed E-state index contributed by atoms with van der Waals surface area (Å²) < 4.78 is 5.21. The number of rotatable bonds is 7. The molecule has 4 heteroatoms. The van der Waals surface area contributed by atoms with Gasteiger partial charge in [-0.2, -0.15) is 0 Å². The van der Waals surface area contributed by atoms with Gasteiger partial charge in [0.1, 0.15) is 5.75 Å². The number of carbonyl (C=O) groups excluding carboxylic acids is 1. The highest BCUT2D eigenvalue weighted by atomic mass is 16.5. The van der Waals surface area contributed by atoms with Crippen molar-refractivity contribution in [3.63, 3.8) is 0 Å². The van der Waals surface area contributed by atoms with Gasteiger partial charge in [-0.05, 0) is 35.6 Å². The molecule has 4 nitrogen and oxygen atoms in total. The van der Waals surface area contributed by atoms with Crippen LogP contribution >= 0.6 is 0 Å². The number of nitrogens with two attached hydrogens (primary N) is 1. The van der Waals surface area contributed by atoms with Crippen LogP contribution in [0.1, 0.15) is 33.3 Å². The van der Waals surface area contributed by atoms with E-state index < -0.39 is 5.91 Å². The lowest BCUT2D eigenvalue weighted by molar-refractivity contribution is -0.119. The topological polar surface area (TPSA) is 64.3 Å². The monoisotopic (exact) mass is 278 g/mol. The molecule has 3 N–H and O–H groups in total. The molecular formula is C16H26N2O2. The predicted octanol–water partition coefficient (Wildman–Crippen LogP) is 2.32. The Labute approximate surface area is 121 Å². The first kappa shape index (κ1) is 16.5. The summed E-state index contributed by atoms with van der Waals surface area (Å²) in [6, 6.07) is 7.69. The van der Waals surface area contributed by atoms with Gasteiger partial charge in [0.15, 0.2) is 6.61 Å². The molecule has 0 aliphatic carbocycles. The number of carbonyl (C=O) groups is 1. The van der Waals surface area contributed by atoms with Crippen molar-refractivity contribution in [3.05, 3.63) is 29.8 Å². The van der Waals surface area contributed by atoms with Crippen molar-refractivity contribution in [2.75, 3.05) is 13.2 Å². The summed E-state index contributed by atoms with van der Waals surface area (Å²) in [7, 11) is 0.